The van der Waals surface area contributed by atoms with Gasteiger partial charge in [-0.25, -0.2) is 0 Å². The van der Waals surface area contributed by atoms with E-state index in [1.54, 1.807) is 6.07 Å². The maximum atomic E-state index is 10.6. The van der Waals surface area contributed by atoms with Crippen LogP contribution < -0.4 is 4.74 Å². The molecule has 3 aromatic rings. The van der Waals surface area contributed by atoms with Crippen LogP contribution in [0.4, 0.5) is 0 Å². The molecule has 1 heterocycles. The summed E-state index contributed by atoms with van der Waals surface area (Å²) in [5.74, 6) is -0.171. The highest BCUT2D eigenvalue weighted by molar-refractivity contribution is 6.00. The van der Waals surface area contributed by atoms with Crippen molar-refractivity contribution in [2.45, 2.75) is 12.8 Å². The van der Waals surface area contributed by atoms with Crippen LogP contribution in [0.25, 0.3) is 22.0 Å². The van der Waals surface area contributed by atoms with Crippen LogP contribution in [0.3, 0.4) is 0 Å². The normalized spacial score (nSPS) is 10.5. The van der Waals surface area contributed by atoms with Crippen molar-refractivity contribution < 1.29 is 14.6 Å². The van der Waals surface area contributed by atoms with Crippen molar-refractivity contribution in [2.75, 3.05) is 6.61 Å². The number of carbonyl (C=O) groups is 1. The van der Waals surface area contributed by atoms with Crippen LogP contribution in [-0.2, 0) is 4.79 Å². The molecule has 0 fully saturated rings. The van der Waals surface area contributed by atoms with E-state index in [0.29, 0.717) is 24.5 Å². The minimum absolute atomic E-state index is 0.0699. The highest BCUT2D eigenvalue weighted by atomic mass is 16.5. The van der Waals surface area contributed by atoms with Crippen LogP contribution >= 0.6 is 0 Å². The first-order valence-electron chi connectivity index (χ1n) is 7.38. The van der Waals surface area contributed by atoms with Gasteiger partial charge in [-0.15, -0.1) is 5.10 Å². The Morgan fingerprint density at radius 3 is 2.75 bits per heavy atom. The van der Waals surface area contributed by atoms with Gasteiger partial charge in [0.2, 0.25) is 0 Å². The third-order valence-electron chi connectivity index (χ3n) is 3.59. The molecule has 1 aromatic heterocycles. The first-order chi connectivity index (χ1) is 11.7. The predicted molar refractivity (Wildman–Crippen MR) is 86.4 cm³/mol. The van der Waals surface area contributed by atoms with Crippen molar-refractivity contribution in [3.05, 3.63) is 42.1 Å². The number of carboxylic acid groups (broad SMARTS) is 1. The Balaban J connectivity index is 1.96. The van der Waals surface area contributed by atoms with E-state index in [-0.39, 0.29) is 12.1 Å². The molecule has 0 atom stereocenters. The lowest BCUT2D eigenvalue weighted by Gasteiger charge is -2.11. The van der Waals surface area contributed by atoms with Crippen LogP contribution in [0, 0.1) is 11.3 Å². The smallest absolute Gasteiger partial charge is 0.303 e. The van der Waals surface area contributed by atoms with E-state index in [1.165, 1.54) is 0 Å². The quantitative estimate of drug-likeness (QED) is 0.675. The fraction of sp³-hybridized carbons (Fsp3) is 0.176. The number of hydrogen-bond acceptors (Lipinski definition) is 5. The zero-order chi connectivity index (χ0) is 16.9. The fourth-order valence-corrected chi connectivity index (χ4v) is 2.51. The average molecular weight is 322 g/mol. The zero-order valence-electron chi connectivity index (χ0n) is 12.7. The second kappa shape index (κ2) is 6.79. The number of benzene rings is 2. The maximum Gasteiger partial charge on any atom is 0.303 e. The van der Waals surface area contributed by atoms with Crippen molar-refractivity contribution in [2.24, 2.45) is 0 Å². The third kappa shape index (κ3) is 3.03. The summed E-state index contributed by atoms with van der Waals surface area (Å²) in [7, 11) is 0. The van der Waals surface area contributed by atoms with Gasteiger partial charge in [-0.1, -0.05) is 24.3 Å². The van der Waals surface area contributed by atoms with Gasteiger partial charge in [0, 0.05) is 17.4 Å². The lowest BCUT2D eigenvalue weighted by atomic mass is 10.0. The molecule has 24 heavy (non-hydrogen) atoms. The molecule has 7 nitrogen and oxygen atoms in total. The van der Waals surface area contributed by atoms with Crippen molar-refractivity contribution >= 4 is 16.7 Å². The molecule has 120 valence electrons. The first-order valence-corrected chi connectivity index (χ1v) is 7.38. The molecule has 0 saturated carbocycles. The molecular weight excluding hydrogens is 308 g/mol. The van der Waals surface area contributed by atoms with Gasteiger partial charge in [-0.2, -0.15) is 15.6 Å². The van der Waals surface area contributed by atoms with Gasteiger partial charge in [0.1, 0.15) is 17.5 Å². The Hall–Kier alpha value is -3.40. The molecule has 2 aromatic carbocycles. The Labute approximate surface area is 137 Å². The summed E-state index contributed by atoms with van der Waals surface area (Å²) in [5, 5.41) is 29.9. The molecule has 0 aliphatic carbocycles. The lowest BCUT2D eigenvalue weighted by Crippen LogP contribution is -2.02. The number of nitriles is 1. The predicted octanol–water partition coefficient (Wildman–Crippen LogP) is 2.74. The Bertz CT molecular complexity index is 927. The average Bonchev–Trinajstić information content (AvgIpc) is 3.07. The molecule has 0 amide bonds. The minimum Gasteiger partial charge on any atom is -0.493 e. The Morgan fingerprint density at radius 2 is 2.00 bits per heavy atom. The molecule has 2 N–H and O–H groups in total. The molecule has 0 unspecified atom stereocenters. The highest BCUT2D eigenvalue weighted by Gasteiger charge is 2.15. The van der Waals surface area contributed by atoms with Crippen LogP contribution in [0.5, 0.6) is 5.75 Å². The number of hydrogen-bond donors (Lipinski definition) is 2. The topological polar surface area (TPSA) is 112 Å². The SMILES string of the molecule is N#Cc1n[nH]nc1-c1ccc(OCCCC(=O)O)c2ccccc12. The second-order valence-electron chi connectivity index (χ2n) is 5.14. The van der Waals surface area contributed by atoms with Crippen LogP contribution in [0.2, 0.25) is 0 Å². The summed E-state index contributed by atoms with van der Waals surface area (Å²) >= 11 is 0. The summed E-state index contributed by atoms with van der Waals surface area (Å²) in [4.78, 5) is 10.6. The molecule has 0 radical (unpaired) electrons. The zero-order valence-corrected chi connectivity index (χ0v) is 12.7. The summed E-state index contributed by atoms with van der Waals surface area (Å²) in [5.41, 5.74) is 1.51. The molecule has 0 aliphatic heterocycles. The van der Waals surface area contributed by atoms with Crippen molar-refractivity contribution in [1.82, 2.24) is 15.4 Å². The third-order valence-corrected chi connectivity index (χ3v) is 3.59. The highest BCUT2D eigenvalue weighted by Crippen LogP contribution is 2.34. The molecular formula is C17H14N4O3. The maximum absolute atomic E-state index is 10.6. The van der Waals surface area contributed by atoms with E-state index in [4.69, 9.17) is 15.1 Å². The van der Waals surface area contributed by atoms with Crippen LogP contribution in [0.15, 0.2) is 36.4 Å². The van der Waals surface area contributed by atoms with Gasteiger partial charge < -0.3 is 9.84 Å². The Morgan fingerprint density at radius 1 is 1.21 bits per heavy atom. The van der Waals surface area contributed by atoms with Crippen molar-refractivity contribution in [1.29, 1.82) is 5.26 Å². The largest absolute Gasteiger partial charge is 0.493 e. The van der Waals surface area contributed by atoms with E-state index in [1.807, 2.05) is 36.4 Å². The van der Waals surface area contributed by atoms with E-state index in [2.05, 4.69) is 15.4 Å². The molecule has 3 rings (SSSR count). The van der Waals surface area contributed by atoms with E-state index in [9.17, 15) is 4.79 Å². The number of ether oxygens (including phenoxy) is 1. The number of H-pyrrole nitrogens is 1. The number of aliphatic carboxylic acids is 1. The van der Waals surface area contributed by atoms with Gasteiger partial charge in [-0.3, -0.25) is 4.79 Å². The summed E-state index contributed by atoms with van der Waals surface area (Å²) in [6.45, 7) is 0.322. The number of fused-ring (bicyclic) bond motifs is 1. The van der Waals surface area contributed by atoms with Gasteiger partial charge in [0.25, 0.3) is 0 Å². The number of carboxylic acids is 1. The second-order valence-corrected chi connectivity index (χ2v) is 5.14. The van der Waals surface area contributed by atoms with E-state index >= 15 is 0 Å². The minimum atomic E-state index is -0.839. The summed E-state index contributed by atoms with van der Waals surface area (Å²) < 4.78 is 5.73. The summed E-state index contributed by atoms with van der Waals surface area (Å²) in [6.07, 6.45) is 0.508. The number of nitrogens with one attached hydrogen (secondary N) is 1. The van der Waals surface area contributed by atoms with Gasteiger partial charge in [-0.05, 0) is 23.9 Å². The molecule has 0 aliphatic rings. The number of aromatic nitrogens is 3. The van der Waals surface area contributed by atoms with Crippen molar-refractivity contribution in [3.63, 3.8) is 0 Å². The summed E-state index contributed by atoms with van der Waals surface area (Å²) in [6, 6.07) is 13.3. The number of aromatic amines is 1. The van der Waals surface area contributed by atoms with Gasteiger partial charge in [0.05, 0.1) is 6.61 Å². The Kier molecular flexibility index (Phi) is 4.38. The molecule has 7 heteroatoms. The number of nitrogens with zero attached hydrogens (tertiary/aromatic N) is 3. The van der Waals surface area contributed by atoms with E-state index < -0.39 is 5.97 Å². The number of rotatable bonds is 6. The fourth-order valence-electron chi connectivity index (χ4n) is 2.51. The lowest BCUT2D eigenvalue weighted by molar-refractivity contribution is -0.137. The van der Waals surface area contributed by atoms with Crippen LogP contribution in [-0.4, -0.2) is 33.1 Å². The first kappa shape index (κ1) is 15.5. The molecule has 0 saturated heterocycles. The standard InChI is InChI=1S/C17H14N4O3/c18-10-14-17(20-21-19-14)13-7-8-15(24-9-3-6-16(22)23)12-5-2-1-4-11(12)13/h1-2,4-5,7-8H,3,6,9H2,(H,22,23)(H,19,20,21). The molecule has 0 spiro atoms. The van der Waals surface area contributed by atoms with Crippen molar-refractivity contribution in [3.8, 4) is 23.1 Å². The van der Waals surface area contributed by atoms with Gasteiger partial charge >= 0.3 is 5.97 Å². The van der Waals surface area contributed by atoms with Crippen LogP contribution in [0.1, 0.15) is 18.5 Å². The van der Waals surface area contributed by atoms with E-state index in [0.717, 1.165) is 16.3 Å². The monoisotopic (exact) mass is 322 g/mol. The van der Waals surface area contributed by atoms with Gasteiger partial charge in [0.15, 0.2) is 5.69 Å². The molecule has 0 bridgehead atoms.